The molecule has 0 aliphatic rings. The summed E-state index contributed by atoms with van der Waals surface area (Å²) in [4.78, 5) is 18.3. The first kappa shape index (κ1) is 10.3. The van der Waals surface area contributed by atoms with Crippen LogP contribution < -0.4 is 0 Å². The third-order valence-corrected chi connectivity index (χ3v) is 1.31. The van der Waals surface area contributed by atoms with E-state index in [1.54, 1.807) is 13.0 Å². The van der Waals surface area contributed by atoms with Gasteiger partial charge in [0.1, 0.15) is 0 Å². The maximum atomic E-state index is 13.0. The van der Waals surface area contributed by atoms with E-state index in [1.807, 2.05) is 0 Å². The zero-order valence-corrected chi connectivity index (χ0v) is 7.61. The summed E-state index contributed by atoms with van der Waals surface area (Å²) >= 11 is 0. The third-order valence-electron chi connectivity index (χ3n) is 1.31. The Bertz CT molecular complexity index is 338. The van der Waals surface area contributed by atoms with Crippen LogP contribution in [0.15, 0.2) is 24.3 Å². The minimum atomic E-state index is -1.00. The molecule has 14 heavy (non-hydrogen) atoms. The van der Waals surface area contributed by atoms with Crippen molar-refractivity contribution >= 4 is 12.0 Å². The van der Waals surface area contributed by atoms with E-state index in [0.29, 0.717) is 0 Å². The normalized spacial score (nSPS) is 11.1. The highest BCUT2D eigenvalue weighted by molar-refractivity contribution is 5.90. The molecule has 0 saturated heterocycles. The molecule has 1 aromatic heterocycles. The minimum absolute atomic E-state index is 0.135. The molecule has 0 aliphatic heterocycles. The van der Waals surface area contributed by atoms with Crippen molar-refractivity contribution in [1.29, 1.82) is 0 Å². The first-order valence-electron chi connectivity index (χ1n) is 4.05. The number of carbonyl (C=O) groups is 1. The number of hydrogen-bond donors (Lipinski definition) is 0. The van der Waals surface area contributed by atoms with Crippen molar-refractivity contribution < 1.29 is 13.9 Å². The second-order valence-electron chi connectivity index (χ2n) is 2.32. The number of rotatable bonds is 3. The van der Waals surface area contributed by atoms with Crippen LogP contribution in [0.5, 0.6) is 0 Å². The quantitative estimate of drug-likeness (QED) is 0.541. The number of esters is 1. The van der Waals surface area contributed by atoms with Crippen molar-refractivity contribution in [3.05, 3.63) is 30.1 Å². The van der Waals surface area contributed by atoms with E-state index in [0.717, 1.165) is 6.08 Å². The fraction of sp³-hybridized carbons (Fsp3) is 0.222. The lowest BCUT2D eigenvalue weighted by molar-refractivity contribution is -0.140. The summed E-state index contributed by atoms with van der Waals surface area (Å²) in [5.41, 5.74) is 0. The van der Waals surface area contributed by atoms with Gasteiger partial charge in [-0.3, -0.25) is 0 Å². The van der Waals surface area contributed by atoms with Crippen LogP contribution >= 0.6 is 0 Å². The number of nitrogens with zero attached hydrogens (tertiary/aromatic N) is 2. The predicted octanol–water partition coefficient (Wildman–Crippen LogP) is 1.35. The van der Waals surface area contributed by atoms with Crippen LogP contribution in [0.4, 0.5) is 4.39 Å². The molecule has 0 aromatic carbocycles. The Morgan fingerprint density at radius 1 is 1.57 bits per heavy atom. The molecule has 0 fully saturated rings. The molecule has 74 valence electrons. The first-order chi connectivity index (χ1) is 6.74. The van der Waals surface area contributed by atoms with Gasteiger partial charge in [-0.15, -0.1) is 0 Å². The van der Waals surface area contributed by atoms with Crippen molar-refractivity contribution in [3.63, 3.8) is 0 Å². The molecule has 1 heterocycles. The molecule has 0 spiro atoms. The second kappa shape index (κ2) is 5.06. The fourth-order valence-corrected chi connectivity index (χ4v) is 0.757. The summed E-state index contributed by atoms with van der Waals surface area (Å²) in [7, 11) is 0. The summed E-state index contributed by atoms with van der Waals surface area (Å²) in [6.07, 6.45) is 3.84. The highest BCUT2D eigenvalue weighted by Crippen LogP contribution is 2.04. The molecule has 0 unspecified atom stereocenters. The first-order valence-corrected chi connectivity index (χ1v) is 4.05. The number of ether oxygens (including phenoxy) is 1. The zero-order valence-electron chi connectivity index (χ0n) is 7.61. The monoisotopic (exact) mass is 196 g/mol. The van der Waals surface area contributed by atoms with Gasteiger partial charge in [-0.05, 0) is 13.0 Å². The lowest BCUT2D eigenvalue weighted by Crippen LogP contribution is -2.04. The molecule has 0 bridgehead atoms. The summed E-state index contributed by atoms with van der Waals surface area (Å²) in [6, 6.07) is 1.60. The van der Waals surface area contributed by atoms with Gasteiger partial charge in [0.15, 0.2) is 5.82 Å². The average molecular weight is 196 g/mol. The Kier molecular flexibility index (Phi) is 3.72. The maximum absolute atomic E-state index is 13.0. The van der Waals surface area contributed by atoms with Gasteiger partial charge in [0.25, 0.3) is 0 Å². The molecule has 0 atom stereocenters. The van der Waals surface area contributed by atoms with Crippen LogP contribution in [0.25, 0.3) is 6.08 Å². The molecular formula is C9H9FN2O2. The van der Waals surface area contributed by atoms with Gasteiger partial charge in [0, 0.05) is 18.5 Å². The number of carbonyl (C=O) groups excluding carboxylic acids is 1. The van der Waals surface area contributed by atoms with Crippen molar-refractivity contribution in [3.8, 4) is 0 Å². The minimum Gasteiger partial charge on any atom is -0.461 e. The molecule has 0 radical (unpaired) electrons. The topological polar surface area (TPSA) is 52.1 Å². The molecule has 1 aromatic rings. The van der Waals surface area contributed by atoms with E-state index in [1.165, 1.54) is 12.4 Å². The zero-order chi connectivity index (χ0) is 10.4. The van der Waals surface area contributed by atoms with Crippen LogP contribution in [-0.2, 0) is 9.53 Å². The van der Waals surface area contributed by atoms with Crippen molar-refractivity contribution in [2.24, 2.45) is 0 Å². The van der Waals surface area contributed by atoms with Gasteiger partial charge in [-0.1, -0.05) is 0 Å². The Hall–Kier alpha value is -1.78. The van der Waals surface area contributed by atoms with Crippen molar-refractivity contribution in [2.75, 3.05) is 6.61 Å². The Morgan fingerprint density at radius 3 is 2.79 bits per heavy atom. The van der Waals surface area contributed by atoms with E-state index >= 15 is 0 Å². The Morgan fingerprint density at radius 2 is 2.21 bits per heavy atom. The fourth-order valence-electron chi connectivity index (χ4n) is 0.757. The molecule has 0 saturated carbocycles. The van der Waals surface area contributed by atoms with Crippen LogP contribution in [0.3, 0.4) is 0 Å². The van der Waals surface area contributed by atoms with Gasteiger partial charge in [0.05, 0.1) is 6.61 Å². The van der Waals surface area contributed by atoms with Crippen molar-refractivity contribution in [2.45, 2.75) is 6.92 Å². The van der Waals surface area contributed by atoms with Crippen molar-refractivity contribution in [1.82, 2.24) is 9.97 Å². The smallest absolute Gasteiger partial charge is 0.367 e. The number of hydrogen-bond acceptors (Lipinski definition) is 4. The second-order valence-corrected chi connectivity index (χ2v) is 2.32. The van der Waals surface area contributed by atoms with E-state index in [4.69, 9.17) is 0 Å². The molecule has 0 N–H and O–H groups in total. The largest absolute Gasteiger partial charge is 0.461 e. The van der Waals surface area contributed by atoms with E-state index in [9.17, 15) is 9.18 Å². The van der Waals surface area contributed by atoms with Gasteiger partial charge >= 0.3 is 5.97 Å². The molecule has 5 heteroatoms. The predicted molar refractivity (Wildman–Crippen MR) is 47.8 cm³/mol. The lowest BCUT2D eigenvalue weighted by Gasteiger charge is -1.97. The van der Waals surface area contributed by atoms with E-state index < -0.39 is 11.8 Å². The molecule has 4 nitrogen and oxygen atoms in total. The van der Waals surface area contributed by atoms with Crippen LogP contribution in [0.1, 0.15) is 12.7 Å². The van der Waals surface area contributed by atoms with E-state index in [-0.39, 0.29) is 12.4 Å². The third kappa shape index (κ3) is 2.93. The van der Waals surface area contributed by atoms with Gasteiger partial charge < -0.3 is 4.74 Å². The SMILES string of the molecule is CCOC(=O)/C(F)=C/c1ncccn1. The number of aromatic nitrogens is 2. The average Bonchev–Trinajstić information content (AvgIpc) is 2.19. The Labute approximate surface area is 80.4 Å². The van der Waals surface area contributed by atoms with Crippen LogP contribution in [0.2, 0.25) is 0 Å². The van der Waals surface area contributed by atoms with Gasteiger partial charge in [-0.25, -0.2) is 14.8 Å². The van der Waals surface area contributed by atoms with Gasteiger partial charge in [0.2, 0.25) is 5.83 Å². The Balaban J connectivity index is 2.74. The number of halogens is 1. The highest BCUT2D eigenvalue weighted by atomic mass is 19.1. The standard InChI is InChI=1S/C9H9FN2O2/c1-2-14-9(13)7(10)6-8-11-4-3-5-12-8/h3-6H,2H2,1H3/b7-6-. The molecule has 0 amide bonds. The summed E-state index contributed by atoms with van der Waals surface area (Å²) < 4.78 is 17.4. The lowest BCUT2D eigenvalue weighted by atomic mass is 10.4. The molecule has 1 rings (SSSR count). The van der Waals surface area contributed by atoms with Gasteiger partial charge in [-0.2, -0.15) is 4.39 Å². The summed E-state index contributed by atoms with van der Waals surface area (Å²) in [6.45, 7) is 1.74. The summed E-state index contributed by atoms with van der Waals surface area (Å²) in [5, 5.41) is 0. The molecular weight excluding hydrogens is 187 g/mol. The maximum Gasteiger partial charge on any atom is 0.367 e. The molecule has 0 aliphatic carbocycles. The summed E-state index contributed by atoms with van der Waals surface area (Å²) in [5.74, 6) is -1.86. The van der Waals surface area contributed by atoms with Crippen LogP contribution in [0, 0.1) is 0 Å². The van der Waals surface area contributed by atoms with E-state index in [2.05, 4.69) is 14.7 Å². The van der Waals surface area contributed by atoms with Crippen LogP contribution in [-0.4, -0.2) is 22.5 Å². The highest BCUT2D eigenvalue weighted by Gasteiger charge is 2.09.